The SMILES string of the molecule is O=C1N[C@@H](c2ccccc2)CCC[C@H]1N(CC1CC1)C(=O)O.[H-].[Na+]. The van der Waals surface area contributed by atoms with E-state index in [2.05, 4.69) is 5.32 Å². The van der Waals surface area contributed by atoms with Gasteiger partial charge < -0.3 is 11.8 Å². The van der Waals surface area contributed by atoms with E-state index in [-0.39, 0.29) is 42.9 Å². The molecule has 0 bridgehead atoms. The number of carboxylic acid groups (broad SMARTS) is 1. The Hall–Kier alpha value is -1.04. The molecule has 1 heterocycles. The number of rotatable bonds is 4. The van der Waals surface area contributed by atoms with Gasteiger partial charge in [0, 0.05) is 6.54 Å². The zero-order valence-electron chi connectivity index (χ0n) is 14.6. The minimum absolute atomic E-state index is 0. The third kappa shape index (κ3) is 4.72. The molecule has 1 aliphatic carbocycles. The van der Waals surface area contributed by atoms with Crippen LogP contribution < -0.4 is 34.9 Å². The summed E-state index contributed by atoms with van der Waals surface area (Å²) < 4.78 is 0. The van der Waals surface area contributed by atoms with Crippen LogP contribution in [0.5, 0.6) is 0 Å². The van der Waals surface area contributed by atoms with Gasteiger partial charge in [-0.2, -0.15) is 0 Å². The molecule has 3 rings (SSSR count). The molecular formula is C17H23N2NaO3. The topological polar surface area (TPSA) is 69.6 Å². The number of hydrogen-bond acceptors (Lipinski definition) is 2. The van der Waals surface area contributed by atoms with Gasteiger partial charge in [-0.05, 0) is 43.6 Å². The van der Waals surface area contributed by atoms with Crippen LogP contribution in [0.2, 0.25) is 0 Å². The normalized spacial score (nSPS) is 24.1. The summed E-state index contributed by atoms with van der Waals surface area (Å²) in [6, 6.07) is 9.31. The molecule has 1 saturated heterocycles. The maximum atomic E-state index is 12.5. The Morgan fingerprint density at radius 2 is 1.91 bits per heavy atom. The predicted molar refractivity (Wildman–Crippen MR) is 83.5 cm³/mol. The van der Waals surface area contributed by atoms with Crippen LogP contribution >= 0.6 is 0 Å². The van der Waals surface area contributed by atoms with Crippen molar-refractivity contribution in [1.29, 1.82) is 0 Å². The first-order chi connectivity index (χ1) is 10.6. The molecule has 2 N–H and O–H groups in total. The number of hydrogen-bond donors (Lipinski definition) is 2. The molecule has 2 fully saturated rings. The molecule has 6 heteroatoms. The predicted octanol–water partition coefficient (Wildman–Crippen LogP) is -0.0971. The smallest absolute Gasteiger partial charge is 1.00 e. The molecule has 1 saturated carbocycles. The molecule has 0 unspecified atom stereocenters. The van der Waals surface area contributed by atoms with E-state index in [0.29, 0.717) is 18.9 Å². The third-order valence-corrected chi connectivity index (χ3v) is 4.57. The van der Waals surface area contributed by atoms with Crippen LogP contribution in [0.1, 0.15) is 45.1 Å². The zero-order chi connectivity index (χ0) is 15.5. The molecule has 2 aliphatic rings. The molecule has 5 nitrogen and oxygen atoms in total. The Morgan fingerprint density at radius 3 is 2.52 bits per heavy atom. The molecular weight excluding hydrogens is 303 g/mol. The summed E-state index contributed by atoms with van der Waals surface area (Å²) in [7, 11) is 0. The summed E-state index contributed by atoms with van der Waals surface area (Å²) in [5.41, 5.74) is 1.08. The first-order valence-corrected chi connectivity index (χ1v) is 8.00. The van der Waals surface area contributed by atoms with Crippen LogP contribution in [0.25, 0.3) is 0 Å². The van der Waals surface area contributed by atoms with Crippen LogP contribution in [0.3, 0.4) is 0 Å². The number of carbonyl (C=O) groups is 2. The Kier molecular flexibility index (Phi) is 6.50. The minimum Gasteiger partial charge on any atom is -1.00 e. The van der Waals surface area contributed by atoms with Gasteiger partial charge >= 0.3 is 35.7 Å². The summed E-state index contributed by atoms with van der Waals surface area (Å²) in [5, 5.41) is 12.5. The largest absolute Gasteiger partial charge is 1.00 e. The van der Waals surface area contributed by atoms with Gasteiger partial charge in [0.25, 0.3) is 0 Å². The molecule has 23 heavy (non-hydrogen) atoms. The number of nitrogens with one attached hydrogen (secondary N) is 1. The molecule has 0 aromatic heterocycles. The standard InChI is InChI=1S/C17H22N2O3.Na.H/c20-16-15(19(17(21)22)11-12-9-10-12)8-4-7-14(18-16)13-5-2-1-3-6-13;;/h1-3,5-6,12,14-15H,4,7-11H2,(H,18,20)(H,21,22);;/q;+1;-1/t14-,15-;;/m1../s1. The van der Waals surface area contributed by atoms with Crippen molar-refractivity contribution < 1.29 is 45.7 Å². The Bertz CT molecular complexity index is 554. The van der Waals surface area contributed by atoms with Crippen molar-refractivity contribution in [3.05, 3.63) is 35.9 Å². The Balaban J connectivity index is 0.00000144. The molecule has 1 aromatic carbocycles. The van der Waals surface area contributed by atoms with Crippen molar-refractivity contribution in [1.82, 2.24) is 10.2 Å². The average Bonchev–Trinajstić information content (AvgIpc) is 3.33. The molecule has 0 radical (unpaired) electrons. The fourth-order valence-electron chi connectivity index (χ4n) is 3.14. The second-order valence-electron chi connectivity index (χ2n) is 6.30. The van der Waals surface area contributed by atoms with E-state index in [0.717, 1.165) is 31.2 Å². The van der Waals surface area contributed by atoms with Crippen molar-refractivity contribution in [2.45, 2.75) is 44.2 Å². The van der Waals surface area contributed by atoms with E-state index in [9.17, 15) is 14.7 Å². The van der Waals surface area contributed by atoms with Crippen LogP contribution in [0.4, 0.5) is 4.79 Å². The van der Waals surface area contributed by atoms with Crippen molar-refractivity contribution in [2.24, 2.45) is 5.92 Å². The van der Waals surface area contributed by atoms with Gasteiger partial charge in [-0.1, -0.05) is 30.3 Å². The van der Waals surface area contributed by atoms with Gasteiger partial charge in [0.2, 0.25) is 5.91 Å². The summed E-state index contributed by atoms with van der Waals surface area (Å²) in [4.78, 5) is 25.4. The molecule has 0 spiro atoms. The number of nitrogens with zero attached hydrogens (tertiary/aromatic N) is 1. The van der Waals surface area contributed by atoms with E-state index in [1.165, 1.54) is 4.90 Å². The van der Waals surface area contributed by atoms with E-state index in [4.69, 9.17) is 0 Å². The van der Waals surface area contributed by atoms with Crippen LogP contribution in [0.15, 0.2) is 30.3 Å². The van der Waals surface area contributed by atoms with Gasteiger partial charge in [0.15, 0.2) is 0 Å². The molecule has 2 amide bonds. The fraction of sp³-hybridized carbons (Fsp3) is 0.529. The van der Waals surface area contributed by atoms with E-state index in [1.807, 2.05) is 30.3 Å². The van der Waals surface area contributed by atoms with Crippen molar-refractivity contribution in [2.75, 3.05) is 6.54 Å². The summed E-state index contributed by atoms with van der Waals surface area (Å²) in [6.45, 7) is 0.490. The van der Waals surface area contributed by atoms with Gasteiger partial charge in [-0.3, -0.25) is 9.69 Å². The van der Waals surface area contributed by atoms with Gasteiger partial charge in [-0.15, -0.1) is 0 Å². The summed E-state index contributed by atoms with van der Waals surface area (Å²) in [6.07, 6.45) is 3.47. The summed E-state index contributed by atoms with van der Waals surface area (Å²) >= 11 is 0. The van der Waals surface area contributed by atoms with Crippen molar-refractivity contribution >= 4 is 12.0 Å². The second kappa shape index (κ2) is 8.18. The first kappa shape index (κ1) is 18.3. The molecule has 120 valence electrons. The van der Waals surface area contributed by atoms with Crippen LogP contribution in [-0.4, -0.2) is 34.6 Å². The summed E-state index contributed by atoms with van der Waals surface area (Å²) in [5.74, 6) is 0.284. The molecule has 2 atom stereocenters. The first-order valence-electron chi connectivity index (χ1n) is 8.00. The number of benzene rings is 1. The minimum atomic E-state index is -0.981. The Labute approximate surface area is 160 Å². The van der Waals surface area contributed by atoms with E-state index >= 15 is 0 Å². The van der Waals surface area contributed by atoms with Crippen LogP contribution in [0, 0.1) is 5.92 Å². The molecule has 1 aliphatic heterocycles. The second-order valence-corrected chi connectivity index (χ2v) is 6.30. The number of amides is 2. The fourth-order valence-corrected chi connectivity index (χ4v) is 3.14. The third-order valence-electron chi connectivity index (χ3n) is 4.57. The number of carbonyl (C=O) groups excluding carboxylic acids is 1. The van der Waals surface area contributed by atoms with Gasteiger partial charge in [0.1, 0.15) is 6.04 Å². The van der Waals surface area contributed by atoms with Gasteiger partial charge in [-0.25, -0.2) is 4.79 Å². The monoisotopic (exact) mass is 326 g/mol. The van der Waals surface area contributed by atoms with Crippen LogP contribution in [-0.2, 0) is 4.79 Å². The quantitative estimate of drug-likeness (QED) is 0.760. The van der Waals surface area contributed by atoms with E-state index < -0.39 is 12.1 Å². The van der Waals surface area contributed by atoms with Crippen molar-refractivity contribution in [3.8, 4) is 0 Å². The maximum Gasteiger partial charge on any atom is 1.00 e. The Morgan fingerprint density at radius 1 is 1.22 bits per heavy atom. The molecule has 1 aromatic rings. The zero-order valence-corrected chi connectivity index (χ0v) is 15.6. The van der Waals surface area contributed by atoms with E-state index in [1.54, 1.807) is 0 Å². The average molecular weight is 326 g/mol. The maximum absolute atomic E-state index is 12.5. The van der Waals surface area contributed by atoms with Crippen molar-refractivity contribution in [3.63, 3.8) is 0 Å². The van der Waals surface area contributed by atoms with Gasteiger partial charge in [0.05, 0.1) is 6.04 Å².